The van der Waals surface area contributed by atoms with Crippen LogP contribution in [-0.4, -0.2) is 84.9 Å². The molecule has 0 bridgehead atoms. The first kappa shape index (κ1) is 83.6. The van der Waals surface area contributed by atoms with Crippen molar-refractivity contribution < 1.29 is 60.4 Å². The molecule has 15 nitrogen and oxygen atoms in total. The number of halogens is 1. The summed E-state index contributed by atoms with van der Waals surface area (Å²) in [6.07, 6.45) is 0.827. The Morgan fingerprint density at radius 3 is 1.16 bits per heavy atom. The van der Waals surface area contributed by atoms with Gasteiger partial charge in [-0.1, -0.05) is 145 Å². The Balaban J connectivity index is 0.000000264. The lowest BCUT2D eigenvalue weighted by Gasteiger charge is -2.21. The predicted molar refractivity (Wildman–Crippen MR) is 398 cm³/mol. The molecule has 3 N–H and O–H groups in total. The Labute approximate surface area is 598 Å². The summed E-state index contributed by atoms with van der Waals surface area (Å²) in [7, 11) is -21.1. The van der Waals surface area contributed by atoms with E-state index in [0.717, 1.165) is 62.8 Å². The van der Waals surface area contributed by atoms with E-state index in [4.69, 9.17) is 10.8 Å². The van der Waals surface area contributed by atoms with Crippen LogP contribution in [0.5, 0.6) is 0 Å². The van der Waals surface area contributed by atoms with Gasteiger partial charge in [0.15, 0.2) is 45.6 Å². The Morgan fingerprint density at radius 2 is 0.842 bits per heavy atom. The van der Waals surface area contributed by atoms with Crippen molar-refractivity contribution in [3.63, 3.8) is 0 Å². The van der Waals surface area contributed by atoms with Gasteiger partial charge in [0.25, 0.3) is 0 Å². The van der Waals surface area contributed by atoms with Gasteiger partial charge < -0.3 is 10.8 Å². The van der Waals surface area contributed by atoms with Gasteiger partial charge in [-0.2, -0.15) is 0 Å². The molecule has 0 aliphatic heterocycles. The minimum Gasteiger partial charge on any atom is -0.391 e. The maximum Gasteiger partial charge on any atom is 0.216 e. The fourth-order valence-corrected chi connectivity index (χ4v) is 20.8. The molecule has 0 fully saturated rings. The number of sulfone groups is 6. The summed E-state index contributed by atoms with van der Waals surface area (Å²) in [5.74, 6) is 0.0240. The lowest BCUT2D eigenvalue weighted by Crippen LogP contribution is -2.15. The summed E-state index contributed by atoms with van der Waals surface area (Å²) in [5, 5.41) is 11.2. The van der Waals surface area contributed by atoms with Gasteiger partial charge in [0.05, 0.1) is 72.3 Å². The van der Waals surface area contributed by atoms with Gasteiger partial charge in [0, 0.05) is 25.7 Å². The molecule has 28 heteroatoms. The van der Waals surface area contributed by atoms with E-state index in [1.807, 2.05) is 77.3 Å². The van der Waals surface area contributed by atoms with Crippen LogP contribution in [0.4, 0.5) is 0 Å². The first-order valence-corrected chi connectivity index (χ1v) is 44.6. The number of rotatable bonds is 17. The van der Waals surface area contributed by atoms with Crippen LogP contribution >= 0.6 is 85.7 Å². The number of nitrogens with two attached hydrogens (primary N) is 1. The third-order valence-electron chi connectivity index (χ3n) is 14.2. The molecule has 4 aromatic carbocycles. The smallest absolute Gasteiger partial charge is 0.216 e. The van der Waals surface area contributed by atoms with Crippen LogP contribution in [0.25, 0.3) is 0 Å². The maximum absolute atomic E-state index is 13.0. The van der Waals surface area contributed by atoms with Crippen LogP contribution in [0.15, 0.2) is 182 Å². The summed E-state index contributed by atoms with van der Waals surface area (Å²) in [6, 6.07) is 33.4. The number of aliphatic hydroxyl groups excluding tert-OH is 1. The lowest BCUT2D eigenvalue weighted by molar-refractivity contribution is 0.112. The second kappa shape index (κ2) is 33.5. The van der Waals surface area contributed by atoms with Crippen molar-refractivity contribution in [3.05, 3.63) is 168 Å². The molecule has 4 heterocycles. The molecular formula is C67H86BrNO14S12. The molecule has 8 rings (SSSR count). The average Bonchev–Trinajstić information content (AvgIpc) is 1.18. The number of thiol groups is 1. The fraction of sp³-hybridized carbons (Fsp3) is 0.388. The SMILES string of the molecule is CCS(=O)(=O)c1cc(Br)cc(C(C)(C)C)c1.CCS(=O)(=O)c1cc(C(C)(C)C)cc(S(=O)(=O)c2ccc(CN)s2)c1.CCS(=O)(=O)c1cc(C(C)(C)C)cc(S(=O)(=O)c2ccc(CO)s2)c1.CCS(=O)(=O)c1cc(Sc2ccc(C=O)s2)cc(C(C)(C)C)c1.Sc1cccs1. The summed E-state index contributed by atoms with van der Waals surface area (Å²) in [6.45, 7) is 30.2. The van der Waals surface area contributed by atoms with E-state index in [1.54, 1.807) is 92.8 Å². The molecule has 0 aliphatic rings. The zero-order valence-electron chi connectivity index (χ0n) is 56.1. The van der Waals surface area contributed by atoms with Crippen molar-refractivity contribution in [2.45, 2.75) is 197 Å². The molecule has 95 heavy (non-hydrogen) atoms. The highest BCUT2D eigenvalue weighted by molar-refractivity contribution is 9.10. The van der Waals surface area contributed by atoms with Crippen LogP contribution in [0.2, 0.25) is 0 Å². The average molecular weight is 1590 g/mol. The van der Waals surface area contributed by atoms with Gasteiger partial charge >= 0.3 is 0 Å². The Bertz CT molecular complexity index is 4490. The molecule has 522 valence electrons. The minimum absolute atomic E-state index is 0.00243. The fourth-order valence-electron chi connectivity index (χ4n) is 8.04. The molecule has 0 spiro atoms. The minimum atomic E-state index is -3.86. The Morgan fingerprint density at radius 1 is 0.474 bits per heavy atom. The van der Waals surface area contributed by atoms with Crippen molar-refractivity contribution in [2.75, 3.05) is 23.0 Å². The first-order chi connectivity index (χ1) is 43.5. The van der Waals surface area contributed by atoms with E-state index in [-0.39, 0.29) is 80.4 Å². The summed E-state index contributed by atoms with van der Waals surface area (Å²) < 4.78 is 152. The van der Waals surface area contributed by atoms with Crippen LogP contribution < -0.4 is 5.73 Å². The maximum atomic E-state index is 13.0. The van der Waals surface area contributed by atoms with Gasteiger partial charge in [-0.25, -0.2) is 50.5 Å². The Hall–Kier alpha value is -3.85. The van der Waals surface area contributed by atoms with Gasteiger partial charge in [-0.05, 0) is 165 Å². The molecule has 0 aliphatic carbocycles. The number of benzene rings is 4. The van der Waals surface area contributed by atoms with Gasteiger partial charge in [0.2, 0.25) is 19.7 Å². The first-order valence-electron chi connectivity index (χ1n) is 29.7. The molecule has 0 saturated heterocycles. The van der Waals surface area contributed by atoms with Crippen LogP contribution in [0.1, 0.15) is 152 Å². The van der Waals surface area contributed by atoms with E-state index in [1.165, 1.54) is 60.4 Å². The summed E-state index contributed by atoms with van der Waals surface area (Å²) in [5.41, 5.74) is 7.88. The molecule has 4 aromatic heterocycles. The molecule has 0 amide bonds. The van der Waals surface area contributed by atoms with Crippen molar-refractivity contribution in [1.82, 2.24) is 0 Å². The largest absolute Gasteiger partial charge is 0.391 e. The topological polar surface area (TPSA) is 268 Å². The number of thiophene rings is 4. The number of carbonyl (C=O) groups excluding carboxylic acids is 1. The zero-order valence-corrected chi connectivity index (χ0v) is 67.6. The normalized spacial score (nSPS) is 12.6. The monoisotopic (exact) mass is 1590 g/mol. The van der Waals surface area contributed by atoms with Crippen molar-refractivity contribution in [2.24, 2.45) is 5.73 Å². The summed E-state index contributed by atoms with van der Waals surface area (Å²) >= 11 is 14.0. The molecule has 0 unspecified atom stereocenters. The predicted octanol–water partition coefficient (Wildman–Crippen LogP) is 16.7. The molecule has 8 aromatic rings. The second-order valence-electron chi connectivity index (χ2n) is 25.5. The summed E-state index contributed by atoms with van der Waals surface area (Å²) in [4.78, 5) is 14.4. The number of hydrogen-bond acceptors (Lipinski definition) is 21. The number of hydrogen-bond donors (Lipinski definition) is 3. The van der Waals surface area contributed by atoms with E-state index in [9.17, 15) is 55.3 Å². The Kier molecular flexibility index (Phi) is 29.5. The van der Waals surface area contributed by atoms with Gasteiger partial charge in [-0.3, -0.25) is 4.79 Å². The lowest BCUT2D eigenvalue weighted by atomic mass is 9.87. The van der Waals surface area contributed by atoms with Gasteiger partial charge in [-0.15, -0.1) is 58.0 Å². The van der Waals surface area contributed by atoms with Gasteiger partial charge in [0.1, 0.15) is 8.42 Å². The highest BCUT2D eigenvalue weighted by atomic mass is 79.9. The van der Waals surface area contributed by atoms with E-state index < -0.39 is 64.4 Å². The molecular weight excluding hydrogens is 1510 g/mol. The molecule has 0 saturated carbocycles. The van der Waals surface area contributed by atoms with Crippen molar-refractivity contribution in [3.8, 4) is 0 Å². The zero-order chi connectivity index (χ0) is 72.3. The van der Waals surface area contributed by atoms with Crippen molar-refractivity contribution >= 4 is 151 Å². The van der Waals surface area contributed by atoms with Crippen LogP contribution in [0, 0.1) is 0 Å². The van der Waals surface area contributed by atoms with Crippen LogP contribution in [0.3, 0.4) is 0 Å². The molecule has 0 atom stereocenters. The van der Waals surface area contributed by atoms with Crippen molar-refractivity contribution in [1.29, 1.82) is 0 Å². The molecule has 0 radical (unpaired) electrons. The standard InChI is InChI=1S/C17H23NO4S3.C17H22O5S3.C17H20O3S3.C12H17BrO2S.C4H4S2/c2*1-5-24(19,20)14-8-12(17(2,3)4)9-15(10-14)25(21,22)16-7-6-13(11-18)23-16;1-5-23(19,20)15-9-12(17(2,3)4)8-14(10-15)22-16-7-6-13(11-18)21-16;1-5-16(14,15)11-7-9(12(2,3)4)6-10(13)8-11;5-4-2-1-3-6-4/h6-10H,5,11,18H2,1-4H3;6-10,18H,5,11H2,1-4H3;6-11H,5H2,1-4H3;6-8H,5H2,1-4H3;1-3,5H. The number of aldehydes is 1. The number of aliphatic hydroxyl groups is 1. The third kappa shape index (κ3) is 23.6. The van der Waals surface area contributed by atoms with E-state index in [2.05, 4.69) is 70.1 Å². The second-order valence-corrected chi connectivity index (χ2v) is 46.4. The van der Waals surface area contributed by atoms with Crippen LogP contribution in [-0.2, 0) is 93.8 Å². The van der Waals surface area contributed by atoms with E-state index in [0.29, 0.717) is 30.7 Å². The highest BCUT2D eigenvalue weighted by Gasteiger charge is 2.30. The third-order valence-corrected chi connectivity index (χ3v) is 31.3. The number of carbonyl (C=O) groups is 1. The highest BCUT2D eigenvalue weighted by Crippen LogP contribution is 2.39. The van der Waals surface area contributed by atoms with E-state index >= 15 is 0 Å². The quantitative estimate of drug-likeness (QED) is 0.0565.